The van der Waals surface area contributed by atoms with Gasteiger partial charge < -0.3 is 25.5 Å². The van der Waals surface area contributed by atoms with Crippen molar-refractivity contribution in [1.29, 1.82) is 0 Å². The van der Waals surface area contributed by atoms with Crippen LogP contribution >= 0.6 is 11.6 Å². The van der Waals surface area contributed by atoms with Gasteiger partial charge in [-0.15, -0.1) is 0 Å². The summed E-state index contributed by atoms with van der Waals surface area (Å²) in [5.74, 6) is 0.807. The van der Waals surface area contributed by atoms with E-state index in [1.165, 1.54) is 0 Å². The lowest BCUT2D eigenvalue weighted by atomic mass is 9.87. The van der Waals surface area contributed by atoms with E-state index in [-0.39, 0.29) is 28.9 Å². The summed E-state index contributed by atoms with van der Waals surface area (Å²) in [6.45, 7) is 8.29. The van der Waals surface area contributed by atoms with Gasteiger partial charge in [0.05, 0.1) is 11.6 Å². The quantitative estimate of drug-likeness (QED) is 0.507. The van der Waals surface area contributed by atoms with E-state index in [9.17, 15) is 4.79 Å². The Balaban J connectivity index is 1.96. The number of fused-ring (bicyclic) bond motifs is 1. The maximum absolute atomic E-state index is 11.1. The van der Waals surface area contributed by atoms with Crippen LogP contribution < -0.4 is 15.8 Å². The summed E-state index contributed by atoms with van der Waals surface area (Å²) in [6, 6.07) is 1.23. The van der Waals surface area contributed by atoms with Gasteiger partial charge >= 0.3 is 6.09 Å². The van der Waals surface area contributed by atoms with Crippen LogP contribution in [-0.4, -0.2) is 48.7 Å². The Hall–Kier alpha value is -3.08. The molecule has 4 N–H and O–H groups in total. The average Bonchev–Trinajstić information content (AvgIpc) is 3.20. The molecule has 3 aromatic rings. The van der Waals surface area contributed by atoms with E-state index >= 15 is 0 Å². The van der Waals surface area contributed by atoms with Gasteiger partial charge in [0.2, 0.25) is 5.88 Å². The Labute approximate surface area is 171 Å². The molecule has 0 aliphatic carbocycles. The Kier molecular flexibility index (Phi) is 5.51. The normalized spacial score (nSPS) is 12.9. The average molecular weight is 424 g/mol. The fourth-order valence-corrected chi connectivity index (χ4v) is 3.04. The van der Waals surface area contributed by atoms with Crippen molar-refractivity contribution >= 4 is 34.5 Å². The molecule has 0 aliphatic rings. The molecule has 3 aromatic heterocycles. The molecule has 1 amide bonds. The maximum Gasteiger partial charge on any atom is 0.405 e. The predicted octanol–water partition coefficient (Wildman–Crippen LogP) is 2.80. The van der Waals surface area contributed by atoms with Gasteiger partial charge in [0.1, 0.15) is 12.1 Å². The number of carbonyl (C=O) groups is 1. The molecule has 0 radical (unpaired) electrons. The van der Waals surface area contributed by atoms with Gasteiger partial charge in [-0.25, -0.2) is 14.4 Å². The number of aryl methyl sites for hydroxylation is 1. The van der Waals surface area contributed by atoms with Crippen molar-refractivity contribution in [3.8, 4) is 17.4 Å². The Bertz CT molecular complexity index is 1040. The third kappa shape index (κ3) is 4.19. The SMILES string of the molecule is CCn1c(-c2nonc2N)nc2c(Cl)nc(OCC(NC(=O)O)C(C)(C)C)cc21. The summed E-state index contributed by atoms with van der Waals surface area (Å²) in [7, 11) is 0. The number of rotatable bonds is 6. The minimum absolute atomic E-state index is 0.0813. The first-order chi connectivity index (χ1) is 13.6. The van der Waals surface area contributed by atoms with E-state index in [1.54, 1.807) is 6.07 Å². The molecule has 0 spiro atoms. The predicted molar refractivity (Wildman–Crippen MR) is 106 cm³/mol. The van der Waals surface area contributed by atoms with Crippen molar-refractivity contribution in [2.75, 3.05) is 12.3 Å². The lowest BCUT2D eigenvalue weighted by Crippen LogP contribution is -2.47. The molecule has 12 heteroatoms. The number of carboxylic acid groups (broad SMARTS) is 1. The van der Waals surface area contributed by atoms with Gasteiger partial charge in [-0.05, 0) is 22.7 Å². The van der Waals surface area contributed by atoms with E-state index < -0.39 is 12.1 Å². The number of nitrogens with zero attached hydrogens (tertiary/aromatic N) is 5. The molecule has 0 saturated heterocycles. The van der Waals surface area contributed by atoms with Crippen LogP contribution in [0.1, 0.15) is 27.7 Å². The molecule has 29 heavy (non-hydrogen) atoms. The molecule has 11 nitrogen and oxygen atoms in total. The first-order valence-electron chi connectivity index (χ1n) is 8.89. The Morgan fingerprint density at radius 2 is 2.14 bits per heavy atom. The molecule has 3 rings (SSSR count). The topological polar surface area (TPSA) is 154 Å². The summed E-state index contributed by atoms with van der Waals surface area (Å²) in [5.41, 5.74) is 6.86. The number of aromatic nitrogens is 5. The van der Waals surface area contributed by atoms with Crippen molar-refractivity contribution < 1.29 is 19.3 Å². The highest BCUT2D eigenvalue weighted by molar-refractivity contribution is 6.33. The molecule has 156 valence electrons. The van der Waals surface area contributed by atoms with Crippen LogP contribution in [0.2, 0.25) is 5.15 Å². The van der Waals surface area contributed by atoms with Crippen molar-refractivity contribution in [1.82, 2.24) is 30.2 Å². The Morgan fingerprint density at radius 1 is 1.41 bits per heavy atom. The first kappa shape index (κ1) is 20.6. The highest BCUT2D eigenvalue weighted by atomic mass is 35.5. The molecule has 3 heterocycles. The number of nitrogens with two attached hydrogens (primary N) is 1. The third-order valence-electron chi connectivity index (χ3n) is 4.45. The van der Waals surface area contributed by atoms with E-state index in [2.05, 4.69) is 30.2 Å². The summed E-state index contributed by atoms with van der Waals surface area (Å²) < 4.78 is 12.3. The smallest absolute Gasteiger partial charge is 0.405 e. The molecule has 0 saturated carbocycles. The Morgan fingerprint density at radius 3 is 2.69 bits per heavy atom. The first-order valence-corrected chi connectivity index (χ1v) is 9.27. The number of nitrogen functional groups attached to an aromatic ring is 1. The largest absolute Gasteiger partial charge is 0.475 e. The number of halogens is 1. The third-order valence-corrected chi connectivity index (χ3v) is 4.72. The zero-order valence-electron chi connectivity index (χ0n) is 16.4. The van der Waals surface area contributed by atoms with Crippen molar-refractivity contribution in [2.45, 2.75) is 40.3 Å². The van der Waals surface area contributed by atoms with Gasteiger partial charge in [-0.2, -0.15) is 4.98 Å². The van der Waals surface area contributed by atoms with Crippen molar-refractivity contribution in [2.24, 2.45) is 5.41 Å². The lowest BCUT2D eigenvalue weighted by Gasteiger charge is -2.30. The highest BCUT2D eigenvalue weighted by Crippen LogP contribution is 2.32. The number of nitrogens with one attached hydrogen (secondary N) is 1. The maximum atomic E-state index is 11.1. The van der Waals surface area contributed by atoms with Crippen molar-refractivity contribution in [3.05, 3.63) is 11.2 Å². The minimum atomic E-state index is -1.12. The molecular formula is C17H22ClN7O4. The number of anilines is 1. The van der Waals surface area contributed by atoms with Gasteiger partial charge in [0, 0.05) is 12.6 Å². The molecule has 0 aromatic carbocycles. The van der Waals surface area contributed by atoms with Gasteiger partial charge in [-0.3, -0.25) is 0 Å². The molecule has 0 fully saturated rings. The van der Waals surface area contributed by atoms with Crippen LogP contribution in [0.4, 0.5) is 10.6 Å². The van der Waals surface area contributed by atoms with Crippen LogP contribution in [0, 0.1) is 5.41 Å². The second kappa shape index (κ2) is 7.74. The second-order valence-electron chi connectivity index (χ2n) is 7.48. The van der Waals surface area contributed by atoms with Crippen LogP contribution in [0.3, 0.4) is 0 Å². The molecule has 0 bridgehead atoms. The molecule has 1 atom stereocenters. The summed E-state index contributed by atoms with van der Waals surface area (Å²) in [6.07, 6.45) is -1.12. The van der Waals surface area contributed by atoms with Crippen LogP contribution in [0.25, 0.3) is 22.6 Å². The van der Waals surface area contributed by atoms with E-state index in [4.69, 9.17) is 27.2 Å². The monoisotopic (exact) mass is 423 g/mol. The van der Waals surface area contributed by atoms with Gasteiger partial charge in [-0.1, -0.05) is 32.4 Å². The van der Waals surface area contributed by atoms with Crippen LogP contribution in [0.15, 0.2) is 10.7 Å². The summed E-state index contributed by atoms with van der Waals surface area (Å²) >= 11 is 6.33. The second-order valence-corrected chi connectivity index (χ2v) is 7.83. The zero-order valence-corrected chi connectivity index (χ0v) is 17.2. The standard InChI is InChI=1S/C17H22ClN7O4/c1-5-25-8-6-10(28-7-9(17(2,3)4)20-16(26)27)21-13(18)11(8)22-15(25)12-14(19)24-29-23-12/h6,9,20H,5,7H2,1-4H3,(H2,19,24)(H,26,27). The van der Waals surface area contributed by atoms with E-state index in [0.29, 0.717) is 29.1 Å². The minimum Gasteiger partial charge on any atom is -0.475 e. The number of pyridine rings is 1. The van der Waals surface area contributed by atoms with Gasteiger partial charge in [0.25, 0.3) is 0 Å². The lowest BCUT2D eigenvalue weighted by molar-refractivity contribution is 0.145. The number of hydrogen-bond donors (Lipinski definition) is 3. The number of hydrogen-bond acceptors (Lipinski definition) is 8. The number of amides is 1. The summed E-state index contributed by atoms with van der Waals surface area (Å²) in [5, 5.41) is 19.1. The van der Waals surface area contributed by atoms with E-state index in [0.717, 1.165) is 0 Å². The van der Waals surface area contributed by atoms with Gasteiger partial charge in [0.15, 0.2) is 22.5 Å². The fourth-order valence-electron chi connectivity index (χ4n) is 2.81. The molecular weight excluding hydrogens is 402 g/mol. The number of ether oxygens (including phenoxy) is 1. The molecule has 0 aliphatic heterocycles. The zero-order chi connectivity index (χ0) is 21.3. The van der Waals surface area contributed by atoms with E-state index in [1.807, 2.05) is 32.3 Å². The van der Waals surface area contributed by atoms with Crippen LogP contribution in [0.5, 0.6) is 5.88 Å². The van der Waals surface area contributed by atoms with Crippen LogP contribution in [-0.2, 0) is 6.54 Å². The summed E-state index contributed by atoms with van der Waals surface area (Å²) in [4.78, 5) is 19.8. The fraction of sp³-hybridized carbons (Fsp3) is 0.471. The highest BCUT2D eigenvalue weighted by Gasteiger charge is 2.27. The number of imidazole rings is 1. The molecule has 1 unspecified atom stereocenters. The van der Waals surface area contributed by atoms with Crippen molar-refractivity contribution in [3.63, 3.8) is 0 Å².